The first-order chi connectivity index (χ1) is 31.2. The number of benzene rings is 10. The second-order valence-corrected chi connectivity index (χ2v) is 16.3. The summed E-state index contributed by atoms with van der Waals surface area (Å²) in [4.78, 5) is 16.4. The lowest BCUT2D eigenvalue weighted by molar-refractivity contribution is 0.668. The normalized spacial score (nSPS) is 12.1. The van der Waals surface area contributed by atoms with Gasteiger partial charge in [0.2, 0.25) is 0 Å². The van der Waals surface area contributed by atoms with Crippen molar-refractivity contribution in [2.45, 2.75) is 0 Å². The minimum atomic E-state index is 0.504. The Kier molecular flexibility index (Phi) is 7.02. The molecule has 14 aromatic rings. The molecule has 0 unspecified atom stereocenters. The van der Waals surface area contributed by atoms with Gasteiger partial charge in [-0.3, -0.25) is 0 Å². The molecule has 0 N–H and O–H groups in total. The highest BCUT2D eigenvalue weighted by molar-refractivity contribution is 6.26. The van der Waals surface area contributed by atoms with Crippen LogP contribution in [0.5, 0.6) is 0 Å². The van der Waals surface area contributed by atoms with Crippen LogP contribution in [0.4, 0.5) is 0 Å². The van der Waals surface area contributed by atoms with E-state index in [0.29, 0.717) is 23.1 Å². The van der Waals surface area contributed by atoms with Gasteiger partial charge >= 0.3 is 0 Å². The van der Waals surface area contributed by atoms with Gasteiger partial charge < -0.3 is 13.4 Å². The molecule has 0 aliphatic heterocycles. The maximum absolute atomic E-state index is 7.11. The number of para-hydroxylation sites is 3. The lowest BCUT2D eigenvalue weighted by Crippen LogP contribution is -2.05. The number of furan rings is 2. The van der Waals surface area contributed by atoms with E-state index in [9.17, 15) is 0 Å². The fourth-order valence-corrected chi connectivity index (χ4v) is 10.0. The SMILES string of the molecule is c1ccc2cc(-c3nc(-c4c(-n5c6ccccc6c6cc7ccccc7cc65)c5ccccc5c5c4oc4ccccc45)nc(-c4cccc5oc6ccccc6c45)n3)ccc2c1. The van der Waals surface area contributed by atoms with Crippen LogP contribution in [0.3, 0.4) is 0 Å². The van der Waals surface area contributed by atoms with Gasteiger partial charge in [-0.1, -0.05) is 152 Å². The summed E-state index contributed by atoms with van der Waals surface area (Å²) in [6.45, 7) is 0. The summed E-state index contributed by atoms with van der Waals surface area (Å²) in [5.41, 5.74) is 8.70. The summed E-state index contributed by atoms with van der Waals surface area (Å²) in [5, 5.41) is 13.1. The van der Waals surface area contributed by atoms with Gasteiger partial charge in [-0.25, -0.2) is 15.0 Å². The molecule has 63 heavy (non-hydrogen) atoms. The zero-order chi connectivity index (χ0) is 41.2. The van der Waals surface area contributed by atoms with Crippen molar-refractivity contribution >= 4 is 98.0 Å². The minimum absolute atomic E-state index is 0.504. The van der Waals surface area contributed by atoms with Crippen molar-refractivity contribution in [3.05, 3.63) is 194 Å². The van der Waals surface area contributed by atoms with Crippen LogP contribution in [0.2, 0.25) is 0 Å². The van der Waals surface area contributed by atoms with Gasteiger partial charge in [-0.2, -0.15) is 0 Å². The molecule has 0 spiro atoms. The van der Waals surface area contributed by atoms with E-state index >= 15 is 0 Å². The zero-order valence-electron chi connectivity index (χ0n) is 33.6. The lowest BCUT2D eigenvalue weighted by atomic mass is 9.96. The second-order valence-electron chi connectivity index (χ2n) is 16.3. The van der Waals surface area contributed by atoms with E-state index in [0.717, 1.165) is 109 Å². The largest absolute Gasteiger partial charge is 0.456 e. The van der Waals surface area contributed by atoms with Gasteiger partial charge in [0.05, 0.1) is 22.3 Å². The molecule has 0 radical (unpaired) electrons. The van der Waals surface area contributed by atoms with Gasteiger partial charge in [-0.15, -0.1) is 0 Å². The van der Waals surface area contributed by atoms with Crippen LogP contribution in [0.15, 0.2) is 203 Å². The summed E-state index contributed by atoms with van der Waals surface area (Å²) < 4.78 is 15.9. The third kappa shape index (κ3) is 4.97. The quantitative estimate of drug-likeness (QED) is 0.177. The Morgan fingerprint density at radius 1 is 0.349 bits per heavy atom. The number of rotatable bonds is 4. The Morgan fingerprint density at radius 2 is 0.937 bits per heavy atom. The molecule has 0 aliphatic rings. The molecule has 4 heterocycles. The predicted octanol–water partition coefficient (Wildman–Crippen LogP) is 15.2. The van der Waals surface area contributed by atoms with E-state index in [2.05, 4.69) is 156 Å². The molecule has 6 nitrogen and oxygen atoms in total. The Labute approximate surface area is 358 Å². The summed E-state index contributed by atoms with van der Waals surface area (Å²) in [7, 11) is 0. The zero-order valence-corrected chi connectivity index (χ0v) is 33.6. The van der Waals surface area contributed by atoms with Crippen LogP contribution >= 0.6 is 0 Å². The molecule has 6 heteroatoms. The maximum atomic E-state index is 7.11. The highest BCUT2D eigenvalue weighted by Crippen LogP contribution is 2.48. The summed E-state index contributed by atoms with van der Waals surface area (Å²) in [5.74, 6) is 1.60. The Morgan fingerprint density at radius 3 is 1.75 bits per heavy atom. The molecule has 0 saturated carbocycles. The molecular formula is C57H32N4O2. The van der Waals surface area contributed by atoms with Crippen molar-refractivity contribution in [3.8, 4) is 39.9 Å². The van der Waals surface area contributed by atoms with Crippen molar-refractivity contribution in [1.82, 2.24) is 19.5 Å². The molecule has 0 saturated heterocycles. The minimum Gasteiger partial charge on any atom is -0.456 e. The van der Waals surface area contributed by atoms with Crippen LogP contribution in [-0.2, 0) is 0 Å². The van der Waals surface area contributed by atoms with E-state index in [1.165, 1.54) is 5.39 Å². The highest BCUT2D eigenvalue weighted by Gasteiger charge is 2.28. The summed E-state index contributed by atoms with van der Waals surface area (Å²) in [6.07, 6.45) is 0. The average molecular weight is 805 g/mol. The first-order valence-electron chi connectivity index (χ1n) is 21.2. The number of hydrogen-bond acceptors (Lipinski definition) is 5. The number of fused-ring (bicyclic) bond motifs is 13. The smallest absolute Gasteiger partial charge is 0.170 e. The van der Waals surface area contributed by atoms with Gasteiger partial charge in [0.15, 0.2) is 17.5 Å². The van der Waals surface area contributed by atoms with Crippen molar-refractivity contribution in [2.24, 2.45) is 0 Å². The van der Waals surface area contributed by atoms with Crippen LogP contribution < -0.4 is 0 Å². The van der Waals surface area contributed by atoms with Crippen molar-refractivity contribution < 1.29 is 8.83 Å². The van der Waals surface area contributed by atoms with E-state index in [1.54, 1.807) is 0 Å². The van der Waals surface area contributed by atoms with E-state index in [1.807, 2.05) is 42.5 Å². The van der Waals surface area contributed by atoms with Crippen LogP contribution in [0.1, 0.15) is 0 Å². The molecule has 0 amide bonds. The fourth-order valence-electron chi connectivity index (χ4n) is 10.0. The van der Waals surface area contributed by atoms with Crippen LogP contribution in [-0.4, -0.2) is 19.5 Å². The second kappa shape index (κ2) is 12.9. The van der Waals surface area contributed by atoms with Crippen molar-refractivity contribution in [2.75, 3.05) is 0 Å². The molecule has 0 bridgehead atoms. The summed E-state index contributed by atoms with van der Waals surface area (Å²) in [6, 6.07) is 67.9. The summed E-state index contributed by atoms with van der Waals surface area (Å²) >= 11 is 0. The third-order valence-corrected chi connectivity index (χ3v) is 12.8. The molecular weight excluding hydrogens is 773 g/mol. The monoisotopic (exact) mass is 804 g/mol. The van der Waals surface area contributed by atoms with Gasteiger partial charge in [-0.05, 0) is 69.4 Å². The maximum Gasteiger partial charge on any atom is 0.170 e. The molecule has 14 rings (SSSR count). The Balaban J connectivity index is 1.19. The molecule has 0 fully saturated rings. The van der Waals surface area contributed by atoms with Crippen LogP contribution in [0.25, 0.3) is 138 Å². The molecule has 292 valence electrons. The molecule has 0 atom stereocenters. The van der Waals surface area contributed by atoms with E-state index in [4.69, 9.17) is 23.8 Å². The van der Waals surface area contributed by atoms with Crippen LogP contribution in [0, 0.1) is 0 Å². The third-order valence-electron chi connectivity index (χ3n) is 12.8. The average Bonchev–Trinajstić information content (AvgIpc) is 4.02. The van der Waals surface area contributed by atoms with Gasteiger partial charge in [0.1, 0.15) is 22.3 Å². The van der Waals surface area contributed by atoms with E-state index < -0.39 is 0 Å². The van der Waals surface area contributed by atoms with E-state index in [-0.39, 0.29) is 0 Å². The van der Waals surface area contributed by atoms with Gasteiger partial charge in [0, 0.05) is 48.8 Å². The van der Waals surface area contributed by atoms with Crippen molar-refractivity contribution in [1.29, 1.82) is 0 Å². The lowest BCUT2D eigenvalue weighted by Gasteiger charge is -2.18. The standard InChI is InChI=1S/C57H32N4O2/c1-2-15-34-30-37(29-28-33(34)14-1)55-58-56(43-23-13-27-49-50(43)41-21-8-11-25-47(41)62-49)60-57(59-55)52-53(40-20-6-5-19-39(40)51-42-22-9-12-26-48(42)63-54(51)52)61-45-24-10-7-18-38(45)44-31-35-16-3-4-17-36(35)32-46(44)61/h1-32H. The number of hydrogen-bond donors (Lipinski definition) is 0. The number of nitrogens with zero attached hydrogens (tertiary/aromatic N) is 4. The van der Waals surface area contributed by atoms with Crippen molar-refractivity contribution in [3.63, 3.8) is 0 Å². The fraction of sp³-hybridized carbons (Fsp3) is 0. The molecule has 10 aromatic carbocycles. The highest BCUT2D eigenvalue weighted by atomic mass is 16.3. The molecule has 0 aliphatic carbocycles. The predicted molar refractivity (Wildman–Crippen MR) is 258 cm³/mol. The first-order valence-corrected chi connectivity index (χ1v) is 21.2. The topological polar surface area (TPSA) is 69.9 Å². The van der Waals surface area contributed by atoms with Gasteiger partial charge in [0.25, 0.3) is 0 Å². The Bertz CT molecular complexity index is 4230. The number of aromatic nitrogens is 4. The Hall–Kier alpha value is -8.61. The molecule has 4 aromatic heterocycles. The first kappa shape index (κ1) is 34.1.